The second-order valence-electron chi connectivity index (χ2n) is 5.35. The first kappa shape index (κ1) is 21.2. The van der Waals surface area contributed by atoms with Crippen molar-refractivity contribution in [3.05, 3.63) is 53.8 Å². The van der Waals surface area contributed by atoms with Crippen LogP contribution in [0.3, 0.4) is 0 Å². The lowest BCUT2D eigenvalue weighted by atomic mass is 10.2. The van der Waals surface area contributed by atoms with Crippen LogP contribution in [0.5, 0.6) is 11.5 Å². The zero-order chi connectivity index (χ0) is 20.6. The lowest BCUT2D eigenvalue weighted by molar-refractivity contribution is 0.0997. The lowest BCUT2D eigenvalue weighted by Gasteiger charge is -2.08. The van der Waals surface area contributed by atoms with E-state index in [4.69, 9.17) is 15.2 Å². The number of nitrogens with two attached hydrogens (primary N) is 1. The fourth-order valence-electron chi connectivity index (χ4n) is 2.16. The number of para-hydroxylation sites is 1. The molecule has 28 heavy (non-hydrogen) atoms. The molecule has 0 aliphatic heterocycles. The Balaban J connectivity index is 1.91. The highest BCUT2D eigenvalue weighted by molar-refractivity contribution is 7.89. The Bertz CT molecular complexity index is 1010. The summed E-state index contributed by atoms with van der Waals surface area (Å²) in [5.41, 5.74) is 5.46. The molecule has 0 atom stereocenters. The van der Waals surface area contributed by atoms with Gasteiger partial charge in [0.05, 0.1) is 23.6 Å². The van der Waals surface area contributed by atoms with Gasteiger partial charge in [-0.05, 0) is 37.3 Å². The smallest absolute Gasteiger partial charge is 0.252 e. The number of sulfonamides is 1. The first-order valence-electron chi connectivity index (χ1n) is 8.24. The number of benzene rings is 2. The molecule has 148 valence electrons. The van der Waals surface area contributed by atoms with Gasteiger partial charge in [0.2, 0.25) is 10.0 Å². The summed E-state index contributed by atoms with van der Waals surface area (Å²) in [6, 6.07) is 9.80. The summed E-state index contributed by atoms with van der Waals surface area (Å²) in [6.07, 6.45) is 0. The zero-order valence-corrected chi connectivity index (χ0v) is 15.9. The first-order valence-corrected chi connectivity index (χ1v) is 9.73. The van der Waals surface area contributed by atoms with Crippen molar-refractivity contribution in [2.45, 2.75) is 11.8 Å². The Morgan fingerprint density at radius 3 is 2.57 bits per heavy atom. The number of nitrogens with one attached hydrogen (secondary N) is 1. The minimum absolute atomic E-state index is 0.0189. The monoisotopic (exact) mass is 406 g/mol. The molecule has 2 rings (SSSR count). The number of hydrogen-bond acceptors (Lipinski definition) is 5. The Labute approximate surface area is 162 Å². The number of amides is 1. The Morgan fingerprint density at radius 2 is 1.89 bits per heavy atom. The Hall–Kier alpha value is -3.09. The summed E-state index contributed by atoms with van der Waals surface area (Å²) in [4.78, 5) is 11.0. The number of carbonyl (C=O) groups is 1. The van der Waals surface area contributed by atoms with E-state index >= 15 is 0 Å². The van der Waals surface area contributed by atoms with Gasteiger partial charge >= 0.3 is 0 Å². The Morgan fingerprint density at radius 1 is 1.14 bits per heavy atom. The number of carbonyl (C=O) groups excluding carboxylic acids is 1. The van der Waals surface area contributed by atoms with Crippen LogP contribution in [0.15, 0.2) is 47.4 Å². The molecule has 1 amide bonds. The van der Waals surface area contributed by atoms with E-state index < -0.39 is 21.7 Å². The molecule has 0 aliphatic carbocycles. The van der Waals surface area contributed by atoms with Gasteiger partial charge in [0.1, 0.15) is 12.4 Å². The summed E-state index contributed by atoms with van der Waals surface area (Å²) in [6.45, 7) is 1.70. The first-order chi connectivity index (χ1) is 13.3. The third kappa shape index (κ3) is 5.70. The van der Waals surface area contributed by atoms with Gasteiger partial charge in [-0.25, -0.2) is 12.8 Å². The Kier molecular flexibility index (Phi) is 7.37. The van der Waals surface area contributed by atoms with Gasteiger partial charge < -0.3 is 15.2 Å². The number of rotatable bonds is 8. The molecule has 0 aromatic heterocycles. The maximum Gasteiger partial charge on any atom is 0.252 e. The molecular weight excluding hydrogens is 387 g/mol. The number of hydrogen-bond donors (Lipinski definition) is 2. The number of primary amides is 1. The van der Waals surface area contributed by atoms with Crippen LogP contribution in [0, 0.1) is 17.7 Å². The van der Waals surface area contributed by atoms with Crippen LogP contribution in [-0.4, -0.2) is 34.1 Å². The molecule has 0 saturated heterocycles. The molecule has 0 fully saturated rings. The topological polar surface area (TPSA) is 108 Å². The van der Waals surface area contributed by atoms with E-state index in [0.717, 1.165) is 6.07 Å². The van der Waals surface area contributed by atoms with E-state index in [1.54, 1.807) is 25.1 Å². The third-order valence-corrected chi connectivity index (χ3v) is 4.84. The summed E-state index contributed by atoms with van der Waals surface area (Å²) >= 11 is 0. The normalized spacial score (nSPS) is 10.6. The van der Waals surface area contributed by atoms with E-state index in [1.807, 2.05) is 0 Å². The SMILES string of the molecule is CCOc1ccc(S(=O)(=O)NCC#CCOc2ccccc2C(N)=O)cc1F. The molecule has 3 N–H and O–H groups in total. The van der Waals surface area contributed by atoms with Gasteiger partial charge in [-0.3, -0.25) is 4.79 Å². The highest BCUT2D eigenvalue weighted by Crippen LogP contribution is 2.21. The summed E-state index contributed by atoms with van der Waals surface area (Å²) in [5.74, 6) is 4.07. The van der Waals surface area contributed by atoms with Crippen molar-refractivity contribution in [2.75, 3.05) is 19.8 Å². The quantitative estimate of drug-likeness (QED) is 0.649. The number of halogens is 1. The summed E-state index contributed by atoms with van der Waals surface area (Å²) < 4.78 is 50.8. The minimum atomic E-state index is -3.92. The molecule has 0 spiro atoms. The molecule has 0 aliphatic rings. The van der Waals surface area contributed by atoms with Gasteiger partial charge in [-0.15, -0.1) is 0 Å². The average molecular weight is 406 g/mol. The maximum atomic E-state index is 13.8. The van der Waals surface area contributed by atoms with E-state index in [1.165, 1.54) is 18.2 Å². The van der Waals surface area contributed by atoms with Crippen molar-refractivity contribution in [1.82, 2.24) is 4.72 Å². The summed E-state index contributed by atoms with van der Waals surface area (Å²) in [5, 5.41) is 0. The molecule has 2 aromatic rings. The van der Waals surface area contributed by atoms with Crippen LogP contribution >= 0.6 is 0 Å². The molecule has 2 aromatic carbocycles. The molecule has 0 heterocycles. The molecular formula is C19H19FN2O5S. The molecule has 9 heteroatoms. The average Bonchev–Trinajstić information content (AvgIpc) is 2.66. The fourth-order valence-corrected chi connectivity index (χ4v) is 3.09. The minimum Gasteiger partial charge on any atom is -0.491 e. The van der Waals surface area contributed by atoms with E-state index in [2.05, 4.69) is 16.6 Å². The van der Waals surface area contributed by atoms with Crippen molar-refractivity contribution in [3.8, 4) is 23.3 Å². The second-order valence-corrected chi connectivity index (χ2v) is 7.12. The van der Waals surface area contributed by atoms with E-state index in [9.17, 15) is 17.6 Å². The van der Waals surface area contributed by atoms with Crippen LogP contribution in [0.2, 0.25) is 0 Å². The van der Waals surface area contributed by atoms with Gasteiger partial charge in [-0.2, -0.15) is 4.72 Å². The molecule has 0 unspecified atom stereocenters. The summed E-state index contributed by atoms with van der Waals surface area (Å²) in [7, 11) is -3.92. The van der Waals surface area contributed by atoms with Crippen molar-refractivity contribution in [1.29, 1.82) is 0 Å². The lowest BCUT2D eigenvalue weighted by Crippen LogP contribution is -2.24. The van der Waals surface area contributed by atoms with Crippen LogP contribution in [0.1, 0.15) is 17.3 Å². The number of ether oxygens (including phenoxy) is 2. The van der Waals surface area contributed by atoms with Crippen molar-refractivity contribution < 1.29 is 27.1 Å². The predicted octanol–water partition coefficient (Wildman–Crippen LogP) is 1.68. The zero-order valence-electron chi connectivity index (χ0n) is 15.1. The maximum absolute atomic E-state index is 13.8. The van der Waals surface area contributed by atoms with Gasteiger partial charge in [0.25, 0.3) is 5.91 Å². The molecule has 0 bridgehead atoms. The molecule has 0 radical (unpaired) electrons. The fraction of sp³-hybridized carbons (Fsp3) is 0.211. The van der Waals surface area contributed by atoms with E-state index in [-0.39, 0.29) is 41.7 Å². The van der Waals surface area contributed by atoms with Crippen LogP contribution in [0.4, 0.5) is 4.39 Å². The molecule has 7 nitrogen and oxygen atoms in total. The highest BCUT2D eigenvalue weighted by atomic mass is 32.2. The van der Waals surface area contributed by atoms with Crippen molar-refractivity contribution in [2.24, 2.45) is 5.73 Å². The van der Waals surface area contributed by atoms with Crippen LogP contribution < -0.4 is 19.9 Å². The van der Waals surface area contributed by atoms with Crippen molar-refractivity contribution >= 4 is 15.9 Å². The van der Waals surface area contributed by atoms with E-state index in [0.29, 0.717) is 0 Å². The van der Waals surface area contributed by atoms with Crippen molar-refractivity contribution in [3.63, 3.8) is 0 Å². The van der Waals surface area contributed by atoms with Crippen LogP contribution in [0.25, 0.3) is 0 Å². The van der Waals surface area contributed by atoms with Gasteiger partial charge in [-0.1, -0.05) is 24.0 Å². The third-order valence-electron chi connectivity index (χ3n) is 3.44. The largest absolute Gasteiger partial charge is 0.491 e. The van der Waals surface area contributed by atoms with Gasteiger partial charge in [0, 0.05) is 0 Å². The second kappa shape index (κ2) is 9.73. The van der Waals surface area contributed by atoms with Gasteiger partial charge in [0.15, 0.2) is 11.6 Å². The highest BCUT2D eigenvalue weighted by Gasteiger charge is 2.16. The predicted molar refractivity (Wildman–Crippen MR) is 101 cm³/mol. The molecule has 0 saturated carbocycles. The standard InChI is InChI=1S/C19H19FN2O5S/c1-2-26-18-10-9-14(13-16(18)20)28(24,25)22-11-5-6-12-27-17-8-4-3-7-15(17)19(21)23/h3-4,7-10,13,22H,2,11-12H2,1H3,(H2,21,23). The van der Waals surface area contributed by atoms with Crippen LogP contribution in [-0.2, 0) is 10.0 Å².